The summed E-state index contributed by atoms with van der Waals surface area (Å²) < 4.78 is 15.5. The highest BCUT2D eigenvalue weighted by Crippen LogP contribution is 2.25. The maximum absolute atomic E-state index is 12.9. The van der Waals surface area contributed by atoms with Crippen LogP contribution in [0.3, 0.4) is 0 Å². The maximum Gasteiger partial charge on any atom is 0.408 e. The second-order valence-electron chi connectivity index (χ2n) is 8.93. The molecule has 0 saturated carbocycles. The van der Waals surface area contributed by atoms with Gasteiger partial charge in [0.2, 0.25) is 0 Å². The third kappa shape index (κ3) is 8.85. The second-order valence-corrected chi connectivity index (χ2v) is 10.9. The lowest BCUT2D eigenvalue weighted by Gasteiger charge is -2.24. The minimum atomic E-state index is -1.27. The van der Waals surface area contributed by atoms with E-state index in [9.17, 15) is 19.2 Å². The molecule has 0 bridgehead atoms. The number of thiophene rings is 2. The molecule has 0 aromatic carbocycles. The summed E-state index contributed by atoms with van der Waals surface area (Å²) >= 11 is 2.40. The average molecular weight is 497 g/mol. The normalized spacial score (nSPS) is 13.4. The summed E-state index contributed by atoms with van der Waals surface area (Å²) in [6.07, 6.45) is -1.68. The Bertz CT molecular complexity index is 880. The van der Waals surface area contributed by atoms with E-state index in [1.165, 1.54) is 22.7 Å². The molecular formula is C22H28N2O7S2. The average Bonchev–Trinajstić information content (AvgIpc) is 3.34. The zero-order valence-electron chi connectivity index (χ0n) is 19.3. The van der Waals surface area contributed by atoms with Crippen LogP contribution >= 0.6 is 22.7 Å². The fourth-order valence-corrected chi connectivity index (χ4v) is 4.00. The highest BCUT2D eigenvalue weighted by molar-refractivity contribution is 7.10. The zero-order chi connectivity index (χ0) is 24.8. The van der Waals surface area contributed by atoms with Crippen molar-refractivity contribution >= 4 is 46.8 Å². The minimum Gasteiger partial charge on any atom is -0.444 e. The van der Waals surface area contributed by atoms with Gasteiger partial charge in [0.05, 0.1) is 0 Å². The minimum absolute atomic E-state index is 0.450. The number of hydrogen-bond acceptors (Lipinski definition) is 9. The predicted octanol–water partition coefficient (Wildman–Crippen LogP) is 4.71. The number of hydrogen-bond donors (Lipinski definition) is 2. The fourth-order valence-electron chi connectivity index (χ4n) is 2.47. The van der Waals surface area contributed by atoms with Gasteiger partial charge in [0, 0.05) is 9.75 Å². The predicted molar refractivity (Wildman–Crippen MR) is 124 cm³/mol. The molecule has 2 heterocycles. The fraction of sp³-hybridized carbons (Fsp3) is 0.455. The van der Waals surface area contributed by atoms with E-state index < -0.39 is 47.4 Å². The van der Waals surface area contributed by atoms with Crippen LogP contribution in [-0.4, -0.2) is 35.3 Å². The van der Waals surface area contributed by atoms with Crippen LogP contribution in [0.15, 0.2) is 35.0 Å². The van der Waals surface area contributed by atoms with E-state index in [1.54, 1.807) is 76.6 Å². The van der Waals surface area contributed by atoms with Gasteiger partial charge in [0.1, 0.15) is 11.2 Å². The van der Waals surface area contributed by atoms with Crippen molar-refractivity contribution in [1.29, 1.82) is 0 Å². The SMILES string of the molecule is CC(C)(C)OC(=O)N[C@H](C(=O)OC(=O)[C@@H](NC(=O)OC(C)(C)C)c1cccs1)c1cccs1. The van der Waals surface area contributed by atoms with Gasteiger partial charge in [-0.2, -0.15) is 0 Å². The Morgan fingerprint density at radius 1 is 0.727 bits per heavy atom. The van der Waals surface area contributed by atoms with E-state index >= 15 is 0 Å². The van der Waals surface area contributed by atoms with Crippen LogP contribution in [-0.2, 0) is 23.8 Å². The highest BCUT2D eigenvalue weighted by Gasteiger charge is 2.34. The van der Waals surface area contributed by atoms with E-state index in [0.29, 0.717) is 9.75 Å². The van der Waals surface area contributed by atoms with Crippen LogP contribution in [0.2, 0.25) is 0 Å². The Morgan fingerprint density at radius 3 is 1.36 bits per heavy atom. The lowest BCUT2D eigenvalue weighted by molar-refractivity contribution is -0.163. The van der Waals surface area contributed by atoms with Gasteiger partial charge in [-0.05, 0) is 64.4 Å². The third-order valence-corrected chi connectivity index (χ3v) is 5.52. The van der Waals surface area contributed by atoms with Crippen molar-refractivity contribution in [2.75, 3.05) is 0 Å². The van der Waals surface area contributed by atoms with Crippen molar-refractivity contribution in [3.05, 3.63) is 44.8 Å². The van der Waals surface area contributed by atoms with Gasteiger partial charge in [-0.25, -0.2) is 19.2 Å². The molecule has 0 unspecified atom stereocenters. The molecule has 11 heteroatoms. The summed E-state index contributed by atoms with van der Waals surface area (Å²) in [5.74, 6) is -2.03. The molecule has 0 aliphatic heterocycles. The Balaban J connectivity index is 2.18. The molecule has 0 spiro atoms. The van der Waals surface area contributed by atoms with Crippen LogP contribution < -0.4 is 10.6 Å². The molecule has 2 atom stereocenters. The number of rotatable bonds is 6. The molecule has 0 fully saturated rings. The zero-order valence-corrected chi connectivity index (χ0v) is 20.9. The molecule has 0 saturated heterocycles. The van der Waals surface area contributed by atoms with Crippen molar-refractivity contribution in [3.8, 4) is 0 Å². The maximum atomic E-state index is 12.9. The van der Waals surface area contributed by atoms with Crippen molar-refractivity contribution in [2.45, 2.75) is 64.8 Å². The van der Waals surface area contributed by atoms with Gasteiger partial charge in [-0.1, -0.05) is 12.1 Å². The first-order valence-corrected chi connectivity index (χ1v) is 11.8. The number of carbonyl (C=O) groups excluding carboxylic acids is 4. The van der Waals surface area contributed by atoms with Gasteiger partial charge < -0.3 is 24.8 Å². The lowest BCUT2D eigenvalue weighted by Crippen LogP contribution is -2.42. The Hall–Kier alpha value is -2.92. The Labute approximate surface area is 200 Å². The second kappa shape index (κ2) is 10.8. The van der Waals surface area contributed by atoms with E-state index in [1.807, 2.05) is 0 Å². The number of amides is 2. The summed E-state index contributed by atoms with van der Waals surface area (Å²) in [7, 11) is 0. The molecule has 2 N–H and O–H groups in total. The molecule has 0 radical (unpaired) electrons. The number of ether oxygens (including phenoxy) is 3. The summed E-state index contributed by atoms with van der Waals surface area (Å²) in [6.45, 7) is 10.1. The lowest BCUT2D eigenvalue weighted by atomic mass is 10.2. The van der Waals surface area contributed by atoms with Crippen molar-refractivity contribution in [1.82, 2.24) is 10.6 Å². The van der Waals surface area contributed by atoms with E-state index in [4.69, 9.17) is 14.2 Å². The third-order valence-electron chi connectivity index (χ3n) is 3.65. The summed E-state index contributed by atoms with van der Waals surface area (Å²) in [5, 5.41) is 8.31. The molecule has 2 aromatic heterocycles. The standard InChI is InChI=1S/C22H28N2O7S2/c1-21(2,3)30-19(27)23-15(13-9-7-11-32-13)17(25)29-18(26)16(14-10-8-12-33-14)24-20(28)31-22(4,5)6/h7-12,15-16H,1-6H3,(H,23,27)(H,24,28)/t15-,16-/m0/s1. The monoisotopic (exact) mass is 496 g/mol. The summed E-state index contributed by atoms with van der Waals surface area (Å²) in [5.41, 5.74) is -1.57. The first kappa shape index (κ1) is 26.3. The summed E-state index contributed by atoms with van der Waals surface area (Å²) in [4.78, 5) is 51.2. The first-order valence-electron chi connectivity index (χ1n) is 10.1. The van der Waals surface area contributed by atoms with Gasteiger partial charge in [0.25, 0.3) is 0 Å². The van der Waals surface area contributed by atoms with E-state index in [-0.39, 0.29) is 0 Å². The van der Waals surface area contributed by atoms with Gasteiger partial charge in [0.15, 0.2) is 12.1 Å². The Kier molecular flexibility index (Phi) is 8.62. The molecule has 2 amide bonds. The van der Waals surface area contributed by atoms with Crippen LogP contribution in [0.1, 0.15) is 63.4 Å². The van der Waals surface area contributed by atoms with Gasteiger partial charge in [-0.3, -0.25) is 0 Å². The van der Waals surface area contributed by atoms with Crippen LogP contribution in [0.5, 0.6) is 0 Å². The number of esters is 2. The molecule has 2 rings (SSSR count). The van der Waals surface area contributed by atoms with Gasteiger partial charge >= 0.3 is 24.1 Å². The van der Waals surface area contributed by atoms with E-state index in [0.717, 1.165) is 0 Å². The van der Waals surface area contributed by atoms with Gasteiger partial charge in [-0.15, -0.1) is 22.7 Å². The van der Waals surface area contributed by atoms with Crippen molar-refractivity contribution < 1.29 is 33.4 Å². The van der Waals surface area contributed by atoms with Crippen molar-refractivity contribution in [3.63, 3.8) is 0 Å². The largest absolute Gasteiger partial charge is 0.444 e. The smallest absolute Gasteiger partial charge is 0.408 e. The number of alkyl carbamates (subject to hydrolysis) is 2. The molecule has 0 aliphatic rings. The molecule has 33 heavy (non-hydrogen) atoms. The Morgan fingerprint density at radius 2 is 1.09 bits per heavy atom. The topological polar surface area (TPSA) is 120 Å². The van der Waals surface area contributed by atoms with Crippen LogP contribution in [0, 0.1) is 0 Å². The van der Waals surface area contributed by atoms with Crippen LogP contribution in [0.4, 0.5) is 9.59 Å². The summed E-state index contributed by atoms with van der Waals surface area (Å²) in [6, 6.07) is 4.08. The quantitative estimate of drug-likeness (QED) is 0.337. The van der Waals surface area contributed by atoms with E-state index in [2.05, 4.69) is 10.6 Å². The van der Waals surface area contributed by atoms with Crippen LogP contribution in [0.25, 0.3) is 0 Å². The highest BCUT2D eigenvalue weighted by atomic mass is 32.1. The molecule has 0 aliphatic carbocycles. The number of nitrogens with one attached hydrogen (secondary N) is 2. The molecule has 9 nitrogen and oxygen atoms in total. The molecular weight excluding hydrogens is 468 g/mol. The molecule has 2 aromatic rings. The van der Waals surface area contributed by atoms with Crippen molar-refractivity contribution in [2.24, 2.45) is 0 Å². The number of carbonyl (C=O) groups is 4. The first-order chi connectivity index (χ1) is 15.2. The molecule has 180 valence electrons.